The van der Waals surface area contributed by atoms with Gasteiger partial charge in [0, 0.05) is 49.4 Å². The molecule has 7 rings (SSSR count). The fourth-order valence-electron chi connectivity index (χ4n) is 7.31. The van der Waals surface area contributed by atoms with E-state index in [9.17, 15) is 4.79 Å². The maximum absolute atomic E-state index is 14.0. The Labute approximate surface area is 324 Å². The van der Waals surface area contributed by atoms with Gasteiger partial charge in [-0.15, -0.1) is 0 Å². The van der Waals surface area contributed by atoms with E-state index in [1.54, 1.807) is 13.3 Å². The van der Waals surface area contributed by atoms with E-state index >= 15 is 0 Å². The number of ether oxygens (including phenoxy) is 5. The Morgan fingerprint density at radius 2 is 1.58 bits per heavy atom. The number of hydrogen-bond acceptors (Lipinski definition) is 9. The molecule has 10 nitrogen and oxygen atoms in total. The smallest absolute Gasteiger partial charge is 0.256 e. The van der Waals surface area contributed by atoms with Crippen LogP contribution < -0.4 is 24.3 Å². The molecule has 1 N–H and O–H groups in total. The zero-order valence-corrected chi connectivity index (χ0v) is 32.7. The van der Waals surface area contributed by atoms with Crippen LogP contribution in [0.3, 0.4) is 0 Å². The van der Waals surface area contributed by atoms with Crippen molar-refractivity contribution in [2.45, 2.75) is 51.9 Å². The summed E-state index contributed by atoms with van der Waals surface area (Å²) in [6.07, 6.45) is 6.60. The number of benzene rings is 4. The van der Waals surface area contributed by atoms with Crippen LogP contribution in [0.1, 0.15) is 62.4 Å². The first kappa shape index (κ1) is 38.4. The van der Waals surface area contributed by atoms with Crippen LogP contribution in [-0.4, -0.2) is 93.5 Å². The summed E-state index contributed by atoms with van der Waals surface area (Å²) in [5.74, 6) is 3.04. The van der Waals surface area contributed by atoms with Crippen molar-refractivity contribution in [3.63, 3.8) is 0 Å². The molecule has 0 unspecified atom stereocenters. The number of aromatic nitrogens is 1. The predicted molar refractivity (Wildman–Crippen MR) is 219 cm³/mol. The van der Waals surface area contributed by atoms with Crippen LogP contribution in [-0.2, 0) is 10.2 Å². The van der Waals surface area contributed by atoms with Gasteiger partial charge < -0.3 is 33.9 Å². The number of fused-ring (bicyclic) bond motifs is 2. The Morgan fingerprint density at radius 3 is 2.38 bits per heavy atom. The number of methoxy groups -OCH3 is 1. The van der Waals surface area contributed by atoms with Crippen molar-refractivity contribution in [3.05, 3.63) is 90.1 Å². The Balaban J connectivity index is 1.06. The van der Waals surface area contributed by atoms with Crippen LogP contribution in [0.5, 0.6) is 28.7 Å². The zero-order valence-electron chi connectivity index (χ0n) is 32.7. The minimum Gasteiger partial charge on any atom is -0.493 e. The number of rotatable bonds is 14. The predicted octanol–water partition coefficient (Wildman–Crippen LogP) is 8.70. The lowest BCUT2D eigenvalue weighted by atomic mass is 9.87. The van der Waals surface area contributed by atoms with Crippen molar-refractivity contribution in [2.24, 2.45) is 0 Å². The Bertz CT molecular complexity index is 2080. The molecule has 0 aliphatic carbocycles. The molecule has 1 aromatic heterocycles. The number of hydrogen-bond donors (Lipinski definition) is 1. The molecule has 2 saturated heterocycles. The summed E-state index contributed by atoms with van der Waals surface area (Å²) in [6, 6.07) is 23.3. The van der Waals surface area contributed by atoms with E-state index in [0.29, 0.717) is 53.2 Å². The SMILES string of the molecule is COc1cc2c(Oc3ccc4c(C(=O)Nc5cc(C(C)(C)C)ccc5OCCN5CCOCC5)cccc4c3)ccnc2cc1OCCCN1CCCCC1. The Hall–Kier alpha value is -4.90. The number of piperidine rings is 1. The number of anilines is 1. The molecule has 2 aliphatic heterocycles. The Kier molecular flexibility index (Phi) is 12.4. The lowest BCUT2D eigenvalue weighted by Gasteiger charge is -2.27. The molecule has 0 bridgehead atoms. The number of amides is 1. The number of carbonyl (C=O) groups is 1. The molecule has 4 aromatic carbocycles. The van der Waals surface area contributed by atoms with Gasteiger partial charge in [0.1, 0.15) is 23.9 Å². The largest absolute Gasteiger partial charge is 0.493 e. The van der Waals surface area contributed by atoms with Crippen LogP contribution >= 0.6 is 0 Å². The van der Waals surface area contributed by atoms with E-state index in [2.05, 4.69) is 46.9 Å². The van der Waals surface area contributed by atoms with Gasteiger partial charge in [0.2, 0.25) is 0 Å². The molecule has 10 heteroatoms. The molecular formula is C45H54N4O6. The van der Waals surface area contributed by atoms with Crippen LogP contribution in [0.25, 0.3) is 21.7 Å². The van der Waals surface area contributed by atoms with Gasteiger partial charge in [0.25, 0.3) is 5.91 Å². The monoisotopic (exact) mass is 746 g/mol. The van der Waals surface area contributed by atoms with E-state index in [1.807, 2.05) is 66.7 Å². The van der Waals surface area contributed by atoms with Crippen LogP contribution in [0.2, 0.25) is 0 Å². The van der Waals surface area contributed by atoms with Gasteiger partial charge in [-0.2, -0.15) is 0 Å². The summed E-state index contributed by atoms with van der Waals surface area (Å²) in [5.41, 5.74) is 2.98. The minimum atomic E-state index is -0.208. The molecule has 3 heterocycles. The van der Waals surface area contributed by atoms with E-state index < -0.39 is 0 Å². The second-order valence-corrected chi connectivity index (χ2v) is 15.4. The van der Waals surface area contributed by atoms with Crippen LogP contribution in [0.15, 0.2) is 79.0 Å². The summed E-state index contributed by atoms with van der Waals surface area (Å²) < 4.78 is 30.2. The van der Waals surface area contributed by atoms with Crippen LogP contribution in [0, 0.1) is 0 Å². The number of pyridine rings is 1. The maximum atomic E-state index is 14.0. The molecule has 0 spiro atoms. The third-order valence-electron chi connectivity index (χ3n) is 10.5. The first-order valence-corrected chi connectivity index (χ1v) is 19.7. The van der Waals surface area contributed by atoms with Gasteiger partial charge >= 0.3 is 0 Å². The topological polar surface area (TPSA) is 94.6 Å². The second kappa shape index (κ2) is 17.7. The minimum absolute atomic E-state index is 0.102. The maximum Gasteiger partial charge on any atom is 0.256 e. The molecule has 0 saturated carbocycles. The van der Waals surface area contributed by atoms with Crippen molar-refractivity contribution in [3.8, 4) is 28.7 Å². The highest BCUT2D eigenvalue weighted by atomic mass is 16.5. The number of morpholine rings is 1. The standard InChI is InChI=1S/C45H54N4O6/c1-45(2,3)33-12-15-41(54-27-23-49-21-25-52-26-22-49)39(29-33)47-44(50)36-11-8-10-32-28-34(13-14-35(32)36)55-40-16-17-46-38-31-43(42(51-4)30-37(38)40)53-24-9-20-48-18-6-5-7-19-48/h8,10-17,28-31H,5-7,9,18-27H2,1-4H3,(H,47,50). The zero-order chi connectivity index (χ0) is 38.2. The molecular weight excluding hydrogens is 693 g/mol. The van der Waals surface area contributed by atoms with Crippen molar-refractivity contribution in [2.75, 3.05) is 78.1 Å². The lowest BCUT2D eigenvalue weighted by molar-refractivity contribution is 0.0323. The molecule has 1 amide bonds. The highest BCUT2D eigenvalue weighted by Crippen LogP contribution is 2.38. The summed E-state index contributed by atoms with van der Waals surface area (Å²) >= 11 is 0. The second-order valence-electron chi connectivity index (χ2n) is 15.4. The molecule has 55 heavy (non-hydrogen) atoms. The molecule has 0 radical (unpaired) electrons. The average Bonchev–Trinajstić information content (AvgIpc) is 3.20. The number of nitrogens with one attached hydrogen (secondary N) is 1. The fraction of sp³-hybridized carbons (Fsp3) is 0.422. The highest BCUT2D eigenvalue weighted by Gasteiger charge is 2.20. The van der Waals surface area contributed by atoms with E-state index in [1.165, 1.54) is 32.4 Å². The third kappa shape index (κ3) is 9.68. The van der Waals surface area contributed by atoms with E-state index in [-0.39, 0.29) is 11.3 Å². The summed E-state index contributed by atoms with van der Waals surface area (Å²) in [7, 11) is 1.65. The molecule has 2 aliphatic rings. The summed E-state index contributed by atoms with van der Waals surface area (Å²) in [5, 5.41) is 5.69. The Morgan fingerprint density at radius 1 is 0.782 bits per heavy atom. The summed E-state index contributed by atoms with van der Waals surface area (Å²) in [4.78, 5) is 23.4. The first-order valence-electron chi connectivity index (χ1n) is 19.7. The van der Waals surface area contributed by atoms with E-state index in [0.717, 1.165) is 73.1 Å². The number of carbonyl (C=O) groups excluding carboxylic acids is 1. The average molecular weight is 747 g/mol. The molecule has 5 aromatic rings. The lowest BCUT2D eigenvalue weighted by Crippen LogP contribution is -2.38. The van der Waals surface area contributed by atoms with Gasteiger partial charge in [-0.1, -0.05) is 45.4 Å². The van der Waals surface area contributed by atoms with Crippen molar-refractivity contribution in [1.82, 2.24) is 14.8 Å². The number of likely N-dealkylation sites (tertiary alicyclic amines) is 1. The van der Waals surface area contributed by atoms with Gasteiger partial charge in [-0.25, -0.2) is 0 Å². The molecule has 0 atom stereocenters. The molecule has 2 fully saturated rings. The summed E-state index contributed by atoms with van der Waals surface area (Å²) in [6.45, 7) is 15.1. The van der Waals surface area contributed by atoms with Crippen molar-refractivity contribution in [1.29, 1.82) is 0 Å². The van der Waals surface area contributed by atoms with Crippen molar-refractivity contribution >= 4 is 33.3 Å². The van der Waals surface area contributed by atoms with E-state index in [4.69, 9.17) is 23.7 Å². The van der Waals surface area contributed by atoms with Gasteiger partial charge in [0.15, 0.2) is 11.5 Å². The van der Waals surface area contributed by atoms with Gasteiger partial charge in [-0.05, 0) is 103 Å². The first-order chi connectivity index (χ1) is 26.7. The van der Waals surface area contributed by atoms with Crippen molar-refractivity contribution < 1.29 is 28.5 Å². The highest BCUT2D eigenvalue weighted by molar-refractivity contribution is 6.13. The van der Waals surface area contributed by atoms with Gasteiger partial charge in [-0.3, -0.25) is 14.7 Å². The number of nitrogens with zero attached hydrogens (tertiary/aromatic N) is 3. The third-order valence-corrected chi connectivity index (χ3v) is 10.5. The normalized spacial score (nSPS) is 15.6. The van der Waals surface area contributed by atoms with Gasteiger partial charge in [0.05, 0.1) is 38.1 Å². The molecule has 290 valence electrons. The van der Waals surface area contributed by atoms with Crippen LogP contribution in [0.4, 0.5) is 5.69 Å². The quantitative estimate of drug-likeness (QED) is 0.112. The fourth-order valence-corrected chi connectivity index (χ4v) is 7.31.